The zero-order valence-electron chi connectivity index (χ0n) is 31.8. The Hall–Kier alpha value is -4.35. The SMILES string of the molecule is C=C1CC2C(CCc3nc4c(cc3-c3cc(C(C)C(C)C)cc[n+]31)oc1ccccc14)c1ccccc1-c1cc(CC(C)C)c([Si](C)(C)C)c[n+]12. The third-order valence-electron chi connectivity index (χ3n) is 11.8. The van der Waals surface area contributed by atoms with E-state index in [9.17, 15) is 0 Å². The Morgan fingerprint density at radius 2 is 1.65 bits per heavy atom. The van der Waals surface area contributed by atoms with Gasteiger partial charge in [0.1, 0.15) is 11.1 Å². The van der Waals surface area contributed by atoms with Gasteiger partial charge in [0.2, 0.25) is 11.4 Å². The molecule has 3 atom stereocenters. The minimum Gasteiger partial charge on any atom is -0.454 e. The number of para-hydroxylation sites is 1. The highest BCUT2D eigenvalue weighted by Gasteiger charge is 2.44. The fraction of sp³-hybridized carbons (Fsp3) is 0.370. The van der Waals surface area contributed by atoms with Gasteiger partial charge in [-0.1, -0.05) is 84.6 Å². The molecule has 4 aromatic heterocycles. The molecule has 0 spiro atoms. The Kier molecular flexibility index (Phi) is 8.41. The normalized spacial score (nSPS) is 18.0. The first kappa shape index (κ1) is 33.8. The van der Waals surface area contributed by atoms with Crippen LogP contribution in [0.15, 0.2) is 96.2 Å². The summed E-state index contributed by atoms with van der Waals surface area (Å²) in [6, 6.07) is 27.3. The molecule has 51 heavy (non-hydrogen) atoms. The molecule has 2 aliphatic rings. The zero-order valence-corrected chi connectivity index (χ0v) is 32.8. The Balaban J connectivity index is 1.37. The number of pyridine rings is 3. The van der Waals surface area contributed by atoms with Gasteiger partial charge in [-0.15, -0.1) is 0 Å². The van der Waals surface area contributed by atoms with E-state index in [-0.39, 0.29) is 6.04 Å². The van der Waals surface area contributed by atoms with Gasteiger partial charge in [-0.3, -0.25) is 0 Å². The Labute approximate surface area is 304 Å². The molecule has 4 nitrogen and oxygen atoms in total. The van der Waals surface area contributed by atoms with Gasteiger partial charge in [0.25, 0.3) is 0 Å². The molecule has 2 aromatic carbocycles. The molecule has 2 aliphatic heterocycles. The van der Waals surface area contributed by atoms with Crippen molar-refractivity contribution in [2.45, 2.75) is 97.8 Å². The van der Waals surface area contributed by atoms with Crippen LogP contribution in [0.3, 0.4) is 0 Å². The van der Waals surface area contributed by atoms with E-state index in [1.807, 2.05) is 6.07 Å². The predicted octanol–water partition coefficient (Wildman–Crippen LogP) is 10.5. The third-order valence-corrected chi connectivity index (χ3v) is 13.9. The second kappa shape index (κ2) is 12.7. The van der Waals surface area contributed by atoms with Crippen LogP contribution in [-0.4, -0.2) is 13.1 Å². The summed E-state index contributed by atoms with van der Waals surface area (Å²) >= 11 is 0. The number of rotatable bonds is 5. The first-order valence-electron chi connectivity index (χ1n) is 19.1. The van der Waals surface area contributed by atoms with Gasteiger partial charge in [0.05, 0.1) is 25.8 Å². The molecule has 0 fully saturated rings. The molecule has 3 unspecified atom stereocenters. The summed E-state index contributed by atoms with van der Waals surface area (Å²) in [7, 11) is -1.65. The predicted molar refractivity (Wildman–Crippen MR) is 214 cm³/mol. The van der Waals surface area contributed by atoms with Crippen molar-refractivity contribution in [1.29, 1.82) is 0 Å². The molecule has 6 aromatic rings. The quantitative estimate of drug-likeness (QED) is 0.133. The van der Waals surface area contributed by atoms with Crippen molar-refractivity contribution in [2.24, 2.45) is 11.8 Å². The summed E-state index contributed by atoms with van der Waals surface area (Å²) in [6.07, 6.45) is 8.70. The first-order chi connectivity index (χ1) is 24.4. The number of allylic oxidation sites excluding steroid dienone is 1. The highest BCUT2D eigenvalue weighted by molar-refractivity contribution is 6.89. The second-order valence-electron chi connectivity index (χ2n) is 17.1. The van der Waals surface area contributed by atoms with E-state index in [2.05, 4.69) is 143 Å². The van der Waals surface area contributed by atoms with Gasteiger partial charge in [0, 0.05) is 40.3 Å². The van der Waals surface area contributed by atoms with Crippen molar-refractivity contribution < 1.29 is 13.6 Å². The fourth-order valence-corrected chi connectivity index (χ4v) is 10.5. The van der Waals surface area contributed by atoms with Gasteiger partial charge in [-0.05, 0) is 84.6 Å². The van der Waals surface area contributed by atoms with Crippen LogP contribution in [0, 0.1) is 11.8 Å². The average molecular weight is 692 g/mol. The highest BCUT2D eigenvalue weighted by atomic mass is 28.3. The molecular formula is C46H53N3OSi+2. The smallest absolute Gasteiger partial charge is 0.220 e. The van der Waals surface area contributed by atoms with E-state index in [1.54, 1.807) is 5.19 Å². The van der Waals surface area contributed by atoms with Crippen LogP contribution in [0.4, 0.5) is 0 Å². The summed E-state index contributed by atoms with van der Waals surface area (Å²) in [5.74, 6) is 1.87. The van der Waals surface area contributed by atoms with Crippen LogP contribution in [0.25, 0.3) is 50.3 Å². The van der Waals surface area contributed by atoms with E-state index in [0.29, 0.717) is 23.7 Å². The molecule has 0 aliphatic carbocycles. The van der Waals surface area contributed by atoms with Crippen molar-refractivity contribution in [3.63, 3.8) is 0 Å². The summed E-state index contributed by atoms with van der Waals surface area (Å²) in [4.78, 5) is 5.50. The second-order valence-corrected chi connectivity index (χ2v) is 22.1. The molecule has 0 N–H and O–H groups in total. The maximum Gasteiger partial charge on any atom is 0.220 e. The van der Waals surface area contributed by atoms with Gasteiger partial charge >= 0.3 is 0 Å². The molecule has 260 valence electrons. The van der Waals surface area contributed by atoms with Crippen LogP contribution < -0.4 is 14.3 Å². The monoisotopic (exact) mass is 691 g/mol. The molecule has 8 rings (SSSR count). The Morgan fingerprint density at radius 3 is 2.41 bits per heavy atom. The molecular weight excluding hydrogens is 639 g/mol. The lowest BCUT2D eigenvalue weighted by Gasteiger charge is -2.33. The number of hydrogen-bond donors (Lipinski definition) is 0. The van der Waals surface area contributed by atoms with Crippen molar-refractivity contribution in [2.75, 3.05) is 0 Å². The highest BCUT2D eigenvalue weighted by Crippen LogP contribution is 2.45. The van der Waals surface area contributed by atoms with Crippen LogP contribution in [-0.2, 0) is 12.8 Å². The van der Waals surface area contributed by atoms with Crippen LogP contribution >= 0.6 is 0 Å². The number of aryl methyl sites for hydroxylation is 1. The lowest BCUT2D eigenvalue weighted by atomic mass is 9.77. The molecule has 0 saturated carbocycles. The van der Waals surface area contributed by atoms with Gasteiger partial charge in [0.15, 0.2) is 29.7 Å². The fourth-order valence-electron chi connectivity index (χ4n) is 8.81. The maximum atomic E-state index is 6.45. The average Bonchev–Trinajstić information content (AvgIpc) is 3.46. The number of benzene rings is 2. The van der Waals surface area contributed by atoms with E-state index < -0.39 is 8.07 Å². The van der Waals surface area contributed by atoms with Crippen molar-refractivity contribution in [3.8, 4) is 22.5 Å². The minimum absolute atomic E-state index is 0.236. The van der Waals surface area contributed by atoms with Crippen LogP contribution in [0.5, 0.6) is 0 Å². The summed E-state index contributed by atoms with van der Waals surface area (Å²) in [6.45, 7) is 24.1. The van der Waals surface area contributed by atoms with E-state index in [0.717, 1.165) is 70.4 Å². The van der Waals surface area contributed by atoms with Crippen molar-refractivity contribution in [1.82, 2.24) is 4.98 Å². The summed E-state index contributed by atoms with van der Waals surface area (Å²) in [5.41, 5.74) is 14.3. The standard InChI is InChI=1S/C46H53N3OSi/c1-28(2)22-33-25-41-35-15-11-10-14-34(35)36-18-19-39-38(26-44-46(47-39)37-16-12-13-17-43(37)50-44)42-24-32(31(6)29(3)4)20-21-48(42)30(5)23-40(36)49(41)27-45(33)51(7,8)9/h10-17,20-21,24-29,31,36,40H,5,18-19,22-23H2,1-4,6-9H3/q+2. The Morgan fingerprint density at radius 1 is 0.882 bits per heavy atom. The maximum absolute atomic E-state index is 6.45. The van der Waals surface area contributed by atoms with Gasteiger partial charge in [-0.25, -0.2) is 4.98 Å². The Bertz CT molecular complexity index is 2320. The lowest BCUT2D eigenvalue weighted by Crippen LogP contribution is -2.54. The van der Waals surface area contributed by atoms with E-state index in [4.69, 9.17) is 16.0 Å². The topological polar surface area (TPSA) is 33.8 Å². The van der Waals surface area contributed by atoms with Crippen LogP contribution in [0.1, 0.15) is 87.7 Å². The zero-order chi connectivity index (χ0) is 35.8. The number of aromatic nitrogens is 3. The number of fused-ring (bicyclic) bond motifs is 12. The number of hydrogen-bond acceptors (Lipinski definition) is 2. The van der Waals surface area contributed by atoms with Gasteiger partial charge in [-0.2, -0.15) is 9.13 Å². The van der Waals surface area contributed by atoms with Crippen molar-refractivity contribution >= 4 is 41.0 Å². The number of furan rings is 1. The largest absolute Gasteiger partial charge is 0.454 e. The lowest BCUT2D eigenvalue weighted by molar-refractivity contribution is -0.719. The van der Waals surface area contributed by atoms with E-state index in [1.165, 1.54) is 27.9 Å². The molecule has 0 amide bonds. The third kappa shape index (κ3) is 5.88. The molecule has 0 bridgehead atoms. The first-order valence-corrected chi connectivity index (χ1v) is 22.6. The molecule has 5 heteroatoms. The van der Waals surface area contributed by atoms with Gasteiger partial charge < -0.3 is 4.42 Å². The van der Waals surface area contributed by atoms with Crippen molar-refractivity contribution in [3.05, 3.63) is 114 Å². The summed E-state index contributed by atoms with van der Waals surface area (Å²) in [5, 5.41) is 2.66. The molecule has 0 saturated heterocycles. The number of nitrogens with zero attached hydrogens (tertiary/aromatic N) is 3. The molecule has 0 radical (unpaired) electrons. The van der Waals surface area contributed by atoms with Crippen LogP contribution in [0.2, 0.25) is 19.6 Å². The van der Waals surface area contributed by atoms with E-state index >= 15 is 0 Å². The molecule has 6 heterocycles. The summed E-state index contributed by atoms with van der Waals surface area (Å²) < 4.78 is 11.5. The minimum atomic E-state index is -1.65.